The van der Waals surface area contributed by atoms with Gasteiger partial charge >= 0.3 is 0 Å². The van der Waals surface area contributed by atoms with Crippen molar-refractivity contribution in [1.29, 1.82) is 0 Å². The Hall–Kier alpha value is -1.06. The summed E-state index contributed by atoms with van der Waals surface area (Å²) in [6.07, 6.45) is 3.10. The molecule has 106 valence electrons. The van der Waals surface area contributed by atoms with Crippen LogP contribution in [0.4, 0.5) is 0 Å². The van der Waals surface area contributed by atoms with Gasteiger partial charge in [0.05, 0.1) is 19.3 Å². The number of hydrogen-bond donors (Lipinski definition) is 1. The average Bonchev–Trinajstić information content (AvgIpc) is 2.81. The highest BCUT2D eigenvalue weighted by Gasteiger charge is 2.22. The molecule has 1 aliphatic rings. The molecule has 1 aromatic carbocycles. The van der Waals surface area contributed by atoms with Gasteiger partial charge in [-0.25, -0.2) is 0 Å². The fourth-order valence-corrected chi connectivity index (χ4v) is 2.65. The molecule has 0 radical (unpaired) electrons. The van der Waals surface area contributed by atoms with Crippen molar-refractivity contribution in [3.8, 4) is 5.75 Å². The molecule has 3 nitrogen and oxygen atoms in total. The minimum Gasteiger partial charge on any atom is -0.496 e. The lowest BCUT2D eigenvalue weighted by molar-refractivity contribution is 0.0546. The van der Waals surface area contributed by atoms with Gasteiger partial charge in [0.2, 0.25) is 0 Å². The van der Waals surface area contributed by atoms with Crippen molar-refractivity contribution in [2.45, 2.75) is 51.9 Å². The number of hydrogen-bond acceptors (Lipinski definition) is 3. The van der Waals surface area contributed by atoms with E-state index < -0.39 is 0 Å². The maximum atomic E-state index is 5.83. The molecule has 0 spiro atoms. The van der Waals surface area contributed by atoms with Crippen LogP contribution in [0, 0.1) is 6.92 Å². The Morgan fingerprint density at radius 2 is 2.21 bits per heavy atom. The summed E-state index contributed by atoms with van der Waals surface area (Å²) in [7, 11) is 1.72. The van der Waals surface area contributed by atoms with Gasteiger partial charge in [-0.2, -0.15) is 0 Å². The van der Waals surface area contributed by atoms with E-state index >= 15 is 0 Å². The Morgan fingerprint density at radius 3 is 2.84 bits per heavy atom. The van der Waals surface area contributed by atoms with Crippen molar-refractivity contribution in [2.24, 2.45) is 0 Å². The second-order valence-electron chi connectivity index (χ2n) is 5.52. The van der Waals surface area contributed by atoms with Crippen molar-refractivity contribution in [3.63, 3.8) is 0 Å². The number of nitrogens with one attached hydrogen (secondary N) is 1. The van der Waals surface area contributed by atoms with E-state index in [9.17, 15) is 0 Å². The Balaban J connectivity index is 1.95. The lowest BCUT2D eigenvalue weighted by Gasteiger charge is -2.20. The van der Waals surface area contributed by atoms with E-state index in [1.54, 1.807) is 7.11 Å². The van der Waals surface area contributed by atoms with E-state index in [1.807, 2.05) is 6.07 Å². The van der Waals surface area contributed by atoms with E-state index in [1.165, 1.54) is 17.5 Å². The summed E-state index contributed by atoms with van der Waals surface area (Å²) in [6, 6.07) is 6.58. The highest BCUT2D eigenvalue weighted by Crippen LogP contribution is 2.26. The van der Waals surface area contributed by atoms with Gasteiger partial charge in [-0.15, -0.1) is 0 Å². The van der Waals surface area contributed by atoms with E-state index in [-0.39, 0.29) is 6.04 Å². The Kier molecular flexibility index (Phi) is 4.83. The van der Waals surface area contributed by atoms with Crippen LogP contribution in [-0.2, 0) is 4.74 Å². The van der Waals surface area contributed by atoms with Crippen LogP contribution in [0.2, 0.25) is 0 Å². The lowest BCUT2D eigenvalue weighted by Crippen LogP contribution is -2.29. The predicted octanol–water partition coefficient (Wildman–Crippen LogP) is 3.22. The van der Waals surface area contributed by atoms with Gasteiger partial charge < -0.3 is 14.8 Å². The van der Waals surface area contributed by atoms with Crippen LogP contribution in [0.5, 0.6) is 5.75 Å². The molecule has 3 unspecified atom stereocenters. The summed E-state index contributed by atoms with van der Waals surface area (Å²) in [5.41, 5.74) is 2.48. The number of methoxy groups -OCH3 is 1. The minimum atomic E-state index is 0.273. The fraction of sp³-hybridized carbons (Fsp3) is 0.625. The van der Waals surface area contributed by atoms with Crippen LogP contribution in [0.3, 0.4) is 0 Å². The third kappa shape index (κ3) is 3.71. The Bertz CT molecular complexity index is 419. The zero-order valence-electron chi connectivity index (χ0n) is 12.4. The van der Waals surface area contributed by atoms with Crippen molar-refractivity contribution in [1.82, 2.24) is 5.32 Å². The molecular formula is C16H25NO2. The molecule has 0 amide bonds. The Morgan fingerprint density at radius 1 is 1.42 bits per heavy atom. The van der Waals surface area contributed by atoms with Crippen molar-refractivity contribution in [3.05, 3.63) is 29.3 Å². The SMILES string of the molecule is COc1ccc(C)cc1C(C)NCC1CCC(C)O1. The molecule has 1 fully saturated rings. The van der Waals surface area contributed by atoms with Crippen LogP contribution < -0.4 is 10.1 Å². The molecule has 2 rings (SSSR count). The minimum absolute atomic E-state index is 0.273. The second-order valence-corrected chi connectivity index (χ2v) is 5.52. The zero-order chi connectivity index (χ0) is 13.8. The lowest BCUT2D eigenvalue weighted by atomic mass is 10.0. The number of benzene rings is 1. The molecule has 1 N–H and O–H groups in total. The van der Waals surface area contributed by atoms with E-state index in [0.29, 0.717) is 12.2 Å². The molecule has 3 heteroatoms. The van der Waals surface area contributed by atoms with Gasteiger partial charge in [0, 0.05) is 18.2 Å². The zero-order valence-corrected chi connectivity index (χ0v) is 12.4. The quantitative estimate of drug-likeness (QED) is 0.884. The van der Waals surface area contributed by atoms with Gasteiger partial charge in [-0.3, -0.25) is 0 Å². The van der Waals surface area contributed by atoms with Crippen LogP contribution in [0.1, 0.15) is 43.9 Å². The topological polar surface area (TPSA) is 30.5 Å². The molecule has 0 aliphatic carbocycles. The maximum absolute atomic E-state index is 5.83. The summed E-state index contributed by atoms with van der Waals surface area (Å²) in [5, 5.41) is 3.56. The molecule has 1 aliphatic heterocycles. The van der Waals surface area contributed by atoms with Gasteiger partial charge in [-0.1, -0.05) is 17.7 Å². The molecule has 1 aromatic rings. The third-order valence-corrected chi connectivity index (χ3v) is 3.82. The first-order chi connectivity index (χ1) is 9.10. The van der Waals surface area contributed by atoms with Gasteiger partial charge in [-0.05, 0) is 39.7 Å². The highest BCUT2D eigenvalue weighted by molar-refractivity contribution is 5.38. The normalized spacial score (nSPS) is 24.4. The molecule has 19 heavy (non-hydrogen) atoms. The smallest absolute Gasteiger partial charge is 0.123 e. The van der Waals surface area contributed by atoms with Gasteiger partial charge in [0.1, 0.15) is 5.75 Å². The summed E-state index contributed by atoms with van der Waals surface area (Å²) in [4.78, 5) is 0. The largest absolute Gasteiger partial charge is 0.496 e. The summed E-state index contributed by atoms with van der Waals surface area (Å²) < 4.78 is 11.3. The van der Waals surface area contributed by atoms with Crippen molar-refractivity contribution < 1.29 is 9.47 Å². The third-order valence-electron chi connectivity index (χ3n) is 3.82. The maximum Gasteiger partial charge on any atom is 0.123 e. The van der Waals surface area contributed by atoms with Gasteiger partial charge in [0.15, 0.2) is 0 Å². The molecule has 3 atom stereocenters. The number of rotatable bonds is 5. The first-order valence-corrected chi connectivity index (χ1v) is 7.13. The molecule has 0 saturated carbocycles. The Labute approximate surface area is 116 Å². The van der Waals surface area contributed by atoms with Crippen LogP contribution >= 0.6 is 0 Å². The average molecular weight is 263 g/mol. The number of ether oxygens (including phenoxy) is 2. The van der Waals surface area contributed by atoms with Crippen LogP contribution in [-0.4, -0.2) is 25.9 Å². The van der Waals surface area contributed by atoms with Gasteiger partial charge in [0.25, 0.3) is 0 Å². The van der Waals surface area contributed by atoms with E-state index in [4.69, 9.17) is 9.47 Å². The molecule has 1 saturated heterocycles. The molecular weight excluding hydrogens is 238 g/mol. The summed E-state index contributed by atoms with van der Waals surface area (Å²) >= 11 is 0. The first kappa shape index (κ1) is 14.4. The van der Waals surface area contributed by atoms with Crippen LogP contribution in [0.25, 0.3) is 0 Å². The standard InChI is InChI=1S/C16H25NO2/c1-11-5-8-16(18-4)15(9-11)13(3)17-10-14-7-6-12(2)19-14/h5,8-9,12-14,17H,6-7,10H2,1-4H3. The molecule has 1 heterocycles. The van der Waals surface area contributed by atoms with E-state index in [2.05, 4.69) is 38.2 Å². The summed E-state index contributed by atoms with van der Waals surface area (Å²) in [5.74, 6) is 0.950. The first-order valence-electron chi connectivity index (χ1n) is 7.13. The fourth-order valence-electron chi connectivity index (χ4n) is 2.65. The summed E-state index contributed by atoms with van der Waals surface area (Å²) in [6.45, 7) is 7.34. The van der Waals surface area contributed by atoms with E-state index in [0.717, 1.165) is 18.7 Å². The number of aryl methyl sites for hydroxylation is 1. The van der Waals surface area contributed by atoms with Crippen LogP contribution in [0.15, 0.2) is 18.2 Å². The second kappa shape index (κ2) is 6.40. The predicted molar refractivity (Wildman–Crippen MR) is 77.7 cm³/mol. The van der Waals surface area contributed by atoms with Crippen molar-refractivity contribution in [2.75, 3.05) is 13.7 Å². The molecule has 0 aromatic heterocycles. The monoisotopic (exact) mass is 263 g/mol. The molecule has 0 bridgehead atoms. The van der Waals surface area contributed by atoms with Crippen molar-refractivity contribution >= 4 is 0 Å². The highest BCUT2D eigenvalue weighted by atomic mass is 16.5.